The summed E-state index contributed by atoms with van der Waals surface area (Å²) in [5.74, 6) is -0.486. The van der Waals surface area contributed by atoms with Crippen molar-refractivity contribution in [3.8, 4) is 0 Å². The summed E-state index contributed by atoms with van der Waals surface area (Å²) < 4.78 is 41.3. The molecule has 2 rings (SSSR count). The largest absolute Gasteiger partial charge is 0.348 e. The van der Waals surface area contributed by atoms with E-state index in [-0.39, 0.29) is 0 Å². The van der Waals surface area contributed by atoms with Gasteiger partial charge in [0.05, 0.1) is 13.2 Å². The van der Waals surface area contributed by atoms with Crippen LogP contribution in [0.25, 0.3) is 0 Å². The van der Waals surface area contributed by atoms with Gasteiger partial charge in [0.2, 0.25) is 0 Å². The summed E-state index contributed by atoms with van der Waals surface area (Å²) in [6.07, 6.45) is 2.56. The molecule has 1 N–H and O–H groups in total. The Morgan fingerprint density at radius 2 is 1.68 bits per heavy atom. The molecular formula is C12H22N2O4S. The van der Waals surface area contributed by atoms with Crippen molar-refractivity contribution in [2.75, 3.05) is 13.2 Å². The second kappa shape index (κ2) is 5.12. The van der Waals surface area contributed by atoms with Gasteiger partial charge in [0, 0.05) is 24.1 Å². The van der Waals surface area contributed by atoms with E-state index in [0.717, 1.165) is 0 Å². The van der Waals surface area contributed by atoms with Gasteiger partial charge in [-0.3, -0.25) is 0 Å². The average Bonchev–Trinajstić information content (AvgIpc) is 2.67. The van der Waals surface area contributed by atoms with E-state index in [4.69, 9.17) is 9.47 Å². The second-order valence-electron chi connectivity index (χ2n) is 6.09. The van der Waals surface area contributed by atoms with Gasteiger partial charge in [-0.25, -0.2) is 0 Å². The second-order valence-corrected chi connectivity index (χ2v) is 7.43. The van der Waals surface area contributed by atoms with Crippen LogP contribution in [0.15, 0.2) is 4.40 Å². The average molecular weight is 290 g/mol. The molecule has 1 aliphatic carbocycles. The van der Waals surface area contributed by atoms with Crippen LogP contribution in [0.1, 0.15) is 46.5 Å². The Morgan fingerprint density at radius 3 is 2.16 bits per heavy atom. The maximum absolute atomic E-state index is 11.9. The minimum atomic E-state index is -3.62. The third kappa shape index (κ3) is 4.24. The fourth-order valence-corrected chi connectivity index (χ4v) is 3.72. The molecule has 0 bridgehead atoms. The molecule has 1 saturated carbocycles. The fraction of sp³-hybridized carbons (Fsp3) is 0.917. The zero-order chi connectivity index (χ0) is 14.1. The van der Waals surface area contributed by atoms with Crippen molar-refractivity contribution in [3.63, 3.8) is 0 Å². The van der Waals surface area contributed by atoms with Crippen LogP contribution in [0.3, 0.4) is 0 Å². The minimum absolute atomic E-state index is 0.486. The molecule has 0 aromatic heterocycles. The van der Waals surface area contributed by atoms with Gasteiger partial charge < -0.3 is 9.47 Å². The third-order valence-electron chi connectivity index (χ3n) is 3.09. The van der Waals surface area contributed by atoms with E-state index in [2.05, 4.69) is 9.12 Å². The quantitative estimate of drug-likeness (QED) is 0.833. The van der Waals surface area contributed by atoms with Gasteiger partial charge in [-0.1, -0.05) is 0 Å². The van der Waals surface area contributed by atoms with E-state index < -0.39 is 21.5 Å². The van der Waals surface area contributed by atoms with Crippen molar-refractivity contribution in [2.45, 2.75) is 57.8 Å². The summed E-state index contributed by atoms with van der Waals surface area (Å²) in [7, 11) is -3.62. The minimum Gasteiger partial charge on any atom is -0.348 e. The van der Waals surface area contributed by atoms with Crippen LogP contribution in [0.2, 0.25) is 0 Å². The lowest BCUT2D eigenvalue weighted by Gasteiger charge is -2.31. The highest BCUT2D eigenvalue weighted by Gasteiger charge is 2.39. The Morgan fingerprint density at radius 1 is 1.16 bits per heavy atom. The van der Waals surface area contributed by atoms with E-state index in [1.54, 1.807) is 20.8 Å². The summed E-state index contributed by atoms with van der Waals surface area (Å²) in [5.41, 5.74) is 0.178. The first-order valence-electron chi connectivity index (χ1n) is 6.59. The van der Waals surface area contributed by atoms with Crippen LogP contribution in [0.5, 0.6) is 0 Å². The normalized spacial score (nSPS) is 23.8. The van der Waals surface area contributed by atoms with Crippen LogP contribution >= 0.6 is 0 Å². The van der Waals surface area contributed by atoms with E-state index >= 15 is 0 Å². The molecule has 19 heavy (non-hydrogen) atoms. The molecule has 110 valence electrons. The predicted octanol–water partition coefficient (Wildman–Crippen LogP) is 1.38. The van der Waals surface area contributed by atoms with E-state index in [9.17, 15) is 8.42 Å². The number of hydrogen-bond acceptors (Lipinski definition) is 4. The third-order valence-corrected chi connectivity index (χ3v) is 4.46. The Kier molecular flexibility index (Phi) is 4.02. The van der Waals surface area contributed by atoms with Gasteiger partial charge in [-0.15, -0.1) is 0 Å². The molecule has 0 aromatic rings. The van der Waals surface area contributed by atoms with Gasteiger partial charge in [-0.2, -0.15) is 17.5 Å². The first kappa shape index (κ1) is 14.9. The van der Waals surface area contributed by atoms with Crippen LogP contribution < -0.4 is 4.72 Å². The number of rotatable bonds is 2. The molecule has 2 fully saturated rings. The molecule has 6 nitrogen and oxygen atoms in total. The van der Waals surface area contributed by atoms with Crippen molar-refractivity contribution >= 4 is 15.9 Å². The zero-order valence-electron chi connectivity index (χ0n) is 11.7. The van der Waals surface area contributed by atoms with Gasteiger partial charge in [0.15, 0.2) is 5.79 Å². The highest BCUT2D eigenvalue weighted by atomic mass is 32.2. The predicted molar refractivity (Wildman–Crippen MR) is 72.3 cm³/mol. The summed E-state index contributed by atoms with van der Waals surface area (Å²) in [6, 6.07) is 0. The maximum Gasteiger partial charge on any atom is 0.320 e. The van der Waals surface area contributed by atoms with Crippen LogP contribution in [-0.2, 0) is 19.7 Å². The molecule has 0 unspecified atom stereocenters. The Bertz CT molecular complexity index is 447. The zero-order valence-corrected chi connectivity index (χ0v) is 12.5. The van der Waals surface area contributed by atoms with E-state index in [1.165, 1.54) is 0 Å². The molecule has 2 aliphatic rings. The SMILES string of the molecule is CC(C)(C)NS(=O)(=O)N=C1CCC2(CC1)OCCO2. The van der Waals surface area contributed by atoms with Gasteiger partial charge in [0.25, 0.3) is 0 Å². The molecule has 0 amide bonds. The summed E-state index contributed by atoms with van der Waals surface area (Å²) in [4.78, 5) is 0. The number of nitrogens with zero attached hydrogens (tertiary/aromatic N) is 1. The lowest BCUT2D eigenvalue weighted by atomic mass is 9.93. The topological polar surface area (TPSA) is 77.0 Å². The molecule has 1 heterocycles. The monoisotopic (exact) mass is 290 g/mol. The number of ether oxygens (including phenoxy) is 2. The first-order valence-corrected chi connectivity index (χ1v) is 8.03. The van der Waals surface area contributed by atoms with Crippen molar-refractivity contribution in [1.82, 2.24) is 4.72 Å². The van der Waals surface area contributed by atoms with Gasteiger partial charge >= 0.3 is 10.2 Å². The number of nitrogens with one attached hydrogen (secondary N) is 1. The van der Waals surface area contributed by atoms with Crippen LogP contribution in [-0.4, -0.2) is 38.7 Å². The van der Waals surface area contributed by atoms with Gasteiger partial charge in [0.1, 0.15) is 0 Å². The Hall–Kier alpha value is -0.500. The number of hydrogen-bond donors (Lipinski definition) is 1. The smallest absolute Gasteiger partial charge is 0.320 e. The molecule has 1 aliphatic heterocycles. The van der Waals surface area contributed by atoms with Crippen molar-refractivity contribution in [2.24, 2.45) is 4.40 Å². The molecule has 1 spiro atoms. The molecular weight excluding hydrogens is 268 g/mol. The van der Waals surface area contributed by atoms with Crippen molar-refractivity contribution in [1.29, 1.82) is 0 Å². The fourth-order valence-electron chi connectivity index (χ4n) is 2.38. The molecule has 7 heteroatoms. The summed E-state index contributed by atoms with van der Waals surface area (Å²) in [5, 5.41) is 0. The maximum atomic E-state index is 11.9. The highest BCUT2D eigenvalue weighted by Crippen LogP contribution is 2.34. The molecule has 0 atom stereocenters. The van der Waals surface area contributed by atoms with Crippen molar-refractivity contribution < 1.29 is 17.9 Å². The lowest BCUT2D eigenvalue weighted by Crippen LogP contribution is -2.40. The molecule has 1 saturated heterocycles. The first-order chi connectivity index (χ1) is 8.70. The lowest BCUT2D eigenvalue weighted by molar-refractivity contribution is -0.167. The highest BCUT2D eigenvalue weighted by molar-refractivity contribution is 7.88. The van der Waals surface area contributed by atoms with Crippen LogP contribution in [0, 0.1) is 0 Å². The van der Waals surface area contributed by atoms with Gasteiger partial charge in [-0.05, 0) is 33.6 Å². The Labute approximate surface area is 114 Å². The molecule has 0 radical (unpaired) electrons. The summed E-state index contributed by atoms with van der Waals surface area (Å²) in [6.45, 7) is 6.62. The summed E-state index contributed by atoms with van der Waals surface area (Å²) >= 11 is 0. The Balaban J connectivity index is 1.98. The van der Waals surface area contributed by atoms with Crippen LogP contribution in [0.4, 0.5) is 0 Å². The van der Waals surface area contributed by atoms with Crippen molar-refractivity contribution in [3.05, 3.63) is 0 Å². The van der Waals surface area contributed by atoms with E-state index in [0.29, 0.717) is 44.6 Å². The van der Waals surface area contributed by atoms with E-state index in [1.807, 2.05) is 0 Å². The standard InChI is InChI=1S/C12H22N2O4S/c1-11(2,3)14-19(15,16)13-10-4-6-12(7-5-10)17-8-9-18-12/h14H,4-9H2,1-3H3. The molecule has 0 aromatic carbocycles.